The van der Waals surface area contributed by atoms with Gasteiger partial charge < -0.3 is 9.64 Å². The first-order chi connectivity index (χ1) is 9.54. The Balaban J connectivity index is 2.40. The topological polar surface area (TPSA) is 46.6 Å². The molecule has 0 fully saturated rings. The van der Waals surface area contributed by atoms with E-state index in [0.29, 0.717) is 11.3 Å². The number of hydrogen-bond acceptors (Lipinski definition) is 3. The van der Waals surface area contributed by atoms with E-state index in [1.807, 2.05) is 30.3 Å². The summed E-state index contributed by atoms with van der Waals surface area (Å²) >= 11 is 0. The fraction of sp³-hybridized carbons (Fsp3) is 0.250. The van der Waals surface area contributed by atoms with Crippen molar-refractivity contribution >= 4 is 23.0 Å². The van der Waals surface area contributed by atoms with E-state index in [-0.39, 0.29) is 5.91 Å². The van der Waals surface area contributed by atoms with Gasteiger partial charge in [0.1, 0.15) is 5.75 Å². The molecule has 0 aliphatic heterocycles. The van der Waals surface area contributed by atoms with Crippen LogP contribution in [0, 0.1) is 0 Å². The molecule has 0 radical (unpaired) electrons. The average molecular weight is 271 g/mol. The number of fused-ring (bicyclic) bond motifs is 1. The molecular weight excluding hydrogens is 254 g/mol. The average Bonchev–Trinajstić information content (AvgIpc) is 2.45. The van der Waals surface area contributed by atoms with Crippen LogP contribution in [0.2, 0.25) is 0 Å². The lowest BCUT2D eigenvalue weighted by Crippen LogP contribution is -2.35. The van der Waals surface area contributed by atoms with Gasteiger partial charge in [-0.15, -0.1) is 0 Å². The molecule has 0 spiro atoms. The SMILES string of the molecule is C[C@@H](Oc1ccc2ccccc2c1C=O)C(=O)N(C)C. The molecule has 4 heteroatoms. The zero-order valence-corrected chi connectivity index (χ0v) is 11.8. The first-order valence-electron chi connectivity index (χ1n) is 6.39. The molecule has 1 atom stereocenters. The highest BCUT2D eigenvalue weighted by Crippen LogP contribution is 2.27. The summed E-state index contributed by atoms with van der Waals surface area (Å²) < 4.78 is 5.65. The summed E-state index contributed by atoms with van der Waals surface area (Å²) in [7, 11) is 3.34. The van der Waals surface area contributed by atoms with E-state index < -0.39 is 6.10 Å². The number of benzene rings is 2. The Kier molecular flexibility index (Phi) is 4.03. The summed E-state index contributed by atoms with van der Waals surface area (Å²) in [6.07, 6.45) is 0.134. The van der Waals surface area contributed by atoms with Crippen LogP contribution in [-0.2, 0) is 4.79 Å². The van der Waals surface area contributed by atoms with Crippen molar-refractivity contribution in [3.63, 3.8) is 0 Å². The van der Waals surface area contributed by atoms with Gasteiger partial charge >= 0.3 is 0 Å². The molecule has 2 aromatic carbocycles. The standard InChI is InChI=1S/C16H17NO3/c1-11(16(19)17(2)3)20-15-9-8-12-6-4-5-7-13(12)14(15)10-18/h4-11H,1-3H3/t11-/m1/s1. The predicted octanol–water partition coefficient (Wildman–Crippen LogP) is 2.51. The number of carbonyl (C=O) groups is 2. The molecular formula is C16H17NO3. The minimum atomic E-state index is -0.634. The van der Waals surface area contributed by atoms with Crippen molar-refractivity contribution in [3.8, 4) is 5.75 Å². The molecule has 1 amide bonds. The predicted molar refractivity (Wildman–Crippen MR) is 78.1 cm³/mol. The first-order valence-corrected chi connectivity index (χ1v) is 6.39. The molecule has 20 heavy (non-hydrogen) atoms. The van der Waals surface area contributed by atoms with Gasteiger partial charge in [-0.25, -0.2) is 0 Å². The Morgan fingerprint density at radius 3 is 2.55 bits per heavy atom. The van der Waals surface area contributed by atoms with Crippen LogP contribution in [0.1, 0.15) is 17.3 Å². The molecule has 4 nitrogen and oxygen atoms in total. The van der Waals surface area contributed by atoms with Crippen molar-refractivity contribution in [1.29, 1.82) is 0 Å². The van der Waals surface area contributed by atoms with E-state index in [2.05, 4.69) is 0 Å². The van der Waals surface area contributed by atoms with Crippen LogP contribution in [0.15, 0.2) is 36.4 Å². The molecule has 0 aromatic heterocycles. The van der Waals surface area contributed by atoms with Crippen molar-refractivity contribution < 1.29 is 14.3 Å². The third-order valence-electron chi connectivity index (χ3n) is 3.14. The van der Waals surface area contributed by atoms with Crippen molar-refractivity contribution in [2.75, 3.05) is 14.1 Å². The van der Waals surface area contributed by atoms with Crippen molar-refractivity contribution in [2.24, 2.45) is 0 Å². The highest BCUT2D eigenvalue weighted by Gasteiger charge is 2.18. The molecule has 0 aliphatic rings. The third kappa shape index (κ3) is 2.64. The number of hydrogen-bond donors (Lipinski definition) is 0. The number of aldehydes is 1. The number of carbonyl (C=O) groups excluding carboxylic acids is 2. The van der Waals surface area contributed by atoms with Gasteiger partial charge in [0.05, 0.1) is 5.56 Å². The van der Waals surface area contributed by atoms with Crippen molar-refractivity contribution in [2.45, 2.75) is 13.0 Å². The normalized spacial score (nSPS) is 11.9. The van der Waals surface area contributed by atoms with Gasteiger partial charge in [-0.2, -0.15) is 0 Å². The zero-order valence-electron chi connectivity index (χ0n) is 11.8. The van der Waals surface area contributed by atoms with Gasteiger partial charge in [0, 0.05) is 14.1 Å². The summed E-state index contributed by atoms with van der Waals surface area (Å²) in [6.45, 7) is 1.67. The van der Waals surface area contributed by atoms with E-state index in [9.17, 15) is 9.59 Å². The number of amides is 1. The number of nitrogens with zero attached hydrogens (tertiary/aromatic N) is 1. The minimum Gasteiger partial charge on any atom is -0.480 e. The van der Waals surface area contributed by atoms with E-state index >= 15 is 0 Å². The maximum atomic E-state index is 11.8. The smallest absolute Gasteiger partial charge is 0.262 e. The van der Waals surface area contributed by atoms with E-state index in [1.54, 1.807) is 27.1 Å². The van der Waals surface area contributed by atoms with Gasteiger partial charge in [0.2, 0.25) is 0 Å². The molecule has 0 heterocycles. The summed E-state index contributed by atoms with van der Waals surface area (Å²) in [5, 5.41) is 1.79. The Morgan fingerprint density at radius 1 is 1.20 bits per heavy atom. The second kappa shape index (κ2) is 5.74. The first kappa shape index (κ1) is 14.1. The van der Waals surface area contributed by atoms with Crippen LogP contribution < -0.4 is 4.74 Å². The Hall–Kier alpha value is -2.36. The summed E-state index contributed by atoms with van der Waals surface area (Å²) in [5.41, 5.74) is 0.474. The van der Waals surface area contributed by atoms with E-state index in [0.717, 1.165) is 17.1 Å². The van der Waals surface area contributed by atoms with Crippen LogP contribution in [0.5, 0.6) is 5.75 Å². The van der Waals surface area contributed by atoms with Gasteiger partial charge in [0.25, 0.3) is 5.91 Å². The van der Waals surface area contributed by atoms with Crippen LogP contribution in [0.3, 0.4) is 0 Å². The van der Waals surface area contributed by atoms with Crippen LogP contribution in [-0.4, -0.2) is 37.3 Å². The molecule has 0 bridgehead atoms. The number of rotatable bonds is 4. The fourth-order valence-electron chi connectivity index (χ4n) is 2.10. The quantitative estimate of drug-likeness (QED) is 0.803. The van der Waals surface area contributed by atoms with E-state index in [1.165, 1.54) is 4.90 Å². The van der Waals surface area contributed by atoms with Gasteiger partial charge in [0.15, 0.2) is 12.4 Å². The molecule has 2 aromatic rings. The summed E-state index contributed by atoms with van der Waals surface area (Å²) in [4.78, 5) is 24.6. The van der Waals surface area contributed by atoms with Gasteiger partial charge in [-0.1, -0.05) is 30.3 Å². The molecule has 0 saturated carbocycles. The lowest BCUT2D eigenvalue weighted by atomic mass is 10.0. The molecule has 0 saturated heterocycles. The van der Waals surface area contributed by atoms with Crippen molar-refractivity contribution in [3.05, 3.63) is 42.0 Å². The molecule has 104 valence electrons. The minimum absolute atomic E-state index is 0.144. The third-order valence-corrected chi connectivity index (χ3v) is 3.14. The largest absolute Gasteiger partial charge is 0.480 e. The summed E-state index contributed by atoms with van der Waals surface area (Å²) in [5.74, 6) is 0.288. The number of ether oxygens (including phenoxy) is 1. The molecule has 0 unspecified atom stereocenters. The van der Waals surface area contributed by atoms with Crippen LogP contribution in [0.4, 0.5) is 0 Å². The van der Waals surface area contributed by atoms with E-state index in [4.69, 9.17) is 4.74 Å². The maximum Gasteiger partial charge on any atom is 0.262 e. The molecule has 2 rings (SSSR count). The molecule has 0 N–H and O–H groups in total. The van der Waals surface area contributed by atoms with Gasteiger partial charge in [-0.05, 0) is 23.8 Å². The monoisotopic (exact) mass is 271 g/mol. The number of likely N-dealkylation sites (N-methyl/N-ethyl adjacent to an activating group) is 1. The Labute approximate surface area is 117 Å². The van der Waals surface area contributed by atoms with Crippen LogP contribution in [0.25, 0.3) is 10.8 Å². The maximum absolute atomic E-state index is 11.8. The van der Waals surface area contributed by atoms with Gasteiger partial charge in [-0.3, -0.25) is 9.59 Å². The van der Waals surface area contributed by atoms with Crippen molar-refractivity contribution in [1.82, 2.24) is 4.90 Å². The van der Waals surface area contributed by atoms with Crippen LogP contribution >= 0.6 is 0 Å². The fourth-order valence-corrected chi connectivity index (χ4v) is 2.10. The second-order valence-electron chi connectivity index (χ2n) is 4.81. The lowest BCUT2D eigenvalue weighted by Gasteiger charge is -2.19. The Bertz CT molecular complexity index is 649. The summed E-state index contributed by atoms with van der Waals surface area (Å²) in [6, 6.07) is 11.2. The highest BCUT2D eigenvalue weighted by molar-refractivity contribution is 6.00. The lowest BCUT2D eigenvalue weighted by molar-refractivity contribution is -0.135. The highest BCUT2D eigenvalue weighted by atomic mass is 16.5. The molecule has 0 aliphatic carbocycles. The zero-order chi connectivity index (χ0) is 14.7. The Morgan fingerprint density at radius 2 is 1.90 bits per heavy atom. The second-order valence-corrected chi connectivity index (χ2v) is 4.81.